The zero-order valence-corrected chi connectivity index (χ0v) is 33.6. The maximum absolute atomic E-state index is 11.9. The topological polar surface area (TPSA) is 197 Å². The van der Waals surface area contributed by atoms with Crippen LogP contribution in [0.25, 0.3) is 0 Å². The molecule has 273 valence electrons. The second-order valence-electron chi connectivity index (χ2n) is 14.7. The molecule has 2 aromatic rings. The normalized spacial score (nSPS) is 10.3. The Kier molecular flexibility index (Phi) is 24.1. The Morgan fingerprint density at radius 3 is 1.35 bits per heavy atom. The minimum atomic E-state index is -0.985. The Morgan fingerprint density at radius 2 is 1.04 bits per heavy atom. The van der Waals surface area contributed by atoms with Gasteiger partial charge in [0.15, 0.2) is 0 Å². The summed E-state index contributed by atoms with van der Waals surface area (Å²) in [5.41, 5.74) is 22.9. The van der Waals surface area contributed by atoms with Crippen molar-refractivity contribution in [2.24, 2.45) is 0 Å². The summed E-state index contributed by atoms with van der Waals surface area (Å²) in [5, 5.41) is 11.0. The molecule has 0 aliphatic rings. The first-order valence-corrected chi connectivity index (χ1v) is 17.3. The van der Waals surface area contributed by atoms with Crippen LogP contribution in [0.5, 0.6) is 0 Å². The number of carboxylic acid groups (broad SMARTS) is 1. The molecule has 0 saturated heterocycles. The smallest absolute Gasteiger partial charge is 0.306 e. The average Bonchev–Trinajstić information content (AvgIpc) is 2.99. The number of benzene rings is 2. The number of nitrogen functional groups attached to an aromatic ring is 3. The zero-order chi connectivity index (χ0) is 42.7. The zero-order valence-electron chi connectivity index (χ0n) is 33.6. The molecule has 22 heteroatoms. The number of carbonyl (C=O) groups is 4. The highest BCUT2D eigenvalue weighted by atomic mass is 16.6. The summed E-state index contributed by atoms with van der Waals surface area (Å²) in [4.78, 5) is 44.4. The number of carboxylic acids is 1. The Morgan fingerprint density at radius 1 is 0.667 bits per heavy atom. The van der Waals surface area contributed by atoms with Gasteiger partial charge in [-0.3, -0.25) is 19.2 Å². The molecule has 2 rings (SSSR count). The summed E-state index contributed by atoms with van der Waals surface area (Å²) >= 11 is 0. The molecule has 0 aliphatic carbocycles. The van der Waals surface area contributed by atoms with Crippen molar-refractivity contribution in [1.29, 1.82) is 0 Å². The van der Waals surface area contributed by atoms with Crippen molar-refractivity contribution < 1.29 is 33.8 Å². The van der Waals surface area contributed by atoms with E-state index in [9.17, 15) is 19.2 Å². The fourth-order valence-corrected chi connectivity index (χ4v) is 4.21. The molecular weight excluding hydrogens is 671 g/mol. The van der Waals surface area contributed by atoms with Crippen LogP contribution in [-0.4, -0.2) is 119 Å². The van der Waals surface area contributed by atoms with Crippen LogP contribution in [0.4, 0.5) is 22.7 Å². The van der Waals surface area contributed by atoms with E-state index in [0.29, 0.717) is 11.4 Å². The summed E-state index contributed by atoms with van der Waals surface area (Å²) in [6.45, 7) is 18.4. The van der Waals surface area contributed by atoms with Crippen molar-refractivity contribution >= 4 is 126 Å². The molecule has 11 nitrogen and oxygen atoms in total. The lowest BCUT2D eigenvalue weighted by molar-refractivity contribution is -0.157. The second kappa shape index (κ2) is 24.8. The first-order valence-electron chi connectivity index (χ1n) is 17.3. The Bertz CT molecular complexity index is 1470. The van der Waals surface area contributed by atoms with Gasteiger partial charge in [-0.15, -0.1) is 0 Å². The van der Waals surface area contributed by atoms with E-state index in [1.807, 2.05) is 39.8 Å². The van der Waals surface area contributed by atoms with E-state index in [2.05, 4.69) is 5.32 Å². The van der Waals surface area contributed by atoms with Gasteiger partial charge in [0.1, 0.15) is 11.2 Å². The van der Waals surface area contributed by atoms with Crippen molar-refractivity contribution in [2.75, 3.05) is 22.5 Å². The third-order valence-corrected chi connectivity index (χ3v) is 7.04. The predicted molar refractivity (Wildman–Crippen MR) is 235 cm³/mol. The van der Waals surface area contributed by atoms with Crippen molar-refractivity contribution in [3.05, 3.63) is 46.5 Å². The number of hydrogen-bond donors (Lipinski definition) is 5. The fourth-order valence-electron chi connectivity index (χ4n) is 4.21. The molecule has 0 heterocycles. The number of carbonyl (C=O) groups excluding carboxylic acids is 3. The molecule has 0 aliphatic heterocycles. The lowest BCUT2D eigenvalue weighted by Gasteiger charge is -2.25. The number of ether oxygens (including phenoxy) is 2. The molecule has 2 aromatic carbocycles. The van der Waals surface area contributed by atoms with Crippen molar-refractivity contribution in [3.8, 4) is 0 Å². The number of aryl methyl sites for hydroxylation is 4. The van der Waals surface area contributed by atoms with Gasteiger partial charge in [0.2, 0.25) is 5.91 Å². The Labute approximate surface area is 333 Å². The molecule has 13 radical (unpaired) electrons. The van der Waals surface area contributed by atoms with E-state index in [0.717, 1.165) is 33.6 Å². The average molecular weight is 722 g/mol. The third-order valence-electron chi connectivity index (χ3n) is 7.04. The highest BCUT2D eigenvalue weighted by molar-refractivity contribution is 8.01. The number of nitrogens with two attached hydrogens (primary N) is 3. The molecule has 0 spiro atoms. The number of hydrogen-bond acceptors (Lipinski definition) is 9. The summed E-state index contributed by atoms with van der Waals surface area (Å²) in [6, 6.07) is 7.43. The van der Waals surface area contributed by atoms with Crippen LogP contribution in [0.3, 0.4) is 0 Å². The number of esters is 2. The number of rotatable bonds is 11. The maximum Gasteiger partial charge on any atom is 0.306 e. The van der Waals surface area contributed by atoms with Crippen LogP contribution in [0.15, 0.2) is 24.3 Å². The molecule has 54 heavy (non-hydrogen) atoms. The van der Waals surface area contributed by atoms with Crippen LogP contribution in [0, 0.1) is 27.7 Å². The van der Waals surface area contributed by atoms with Crippen molar-refractivity contribution in [2.45, 2.75) is 106 Å². The van der Waals surface area contributed by atoms with E-state index in [1.54, 1.807) is 53.7 Å². The van der Waals surface area contributed by atoms with Crippen LogP contribution >= 0.6 is 0 Å². The monoisotopic (exact) mass is 723 g/mol. The van der Waals surface area contributed by atoms with E-state index in [1.165, 1.54) is 7.06 Å². The lowest BCUT2D eigenvalue weighted by Crippen LogP contribution is -2.63. The minimum absolute atomic E-state index is 0.0590. The van der Waals surface area contributed by atoms with E-state index < -0.39 is 42.3 Å². The van der Waals surface area contributed by atoms with Gasteiger partial charge in [0.25, 0.3) is 0 Å². The highest BCUT2D eigenvalue weighted by Gasteiger charge is 2.26. The number of aliphatic carboxylic acids is 1. The minimum Gasteiger partial charge on any atom is -0.481 e. The van der Waals surface area contributed by atoms with Gasteiger partial charge < -0.3 is 37.1 Å². The Hall–Kier alpha value is -3.57. The molecule has 1 amide bonds. The van der Waals surface area contributed by atoms with Gasteiger partial charge in [-0.25, -0.2) is 0 Å². The molecule has 8 N–H and O–H groups in total. The van der Waals surface area contributed by atoms with E-state index in [4.69, 9.17) is 78.2 Å². The van der Waals surface area contributed by atoms with Crippen LogP contribution in [-0.2, 0) is 28.7 Å². The summed E-state index contributed by atoms with van der Waals surface area (Å²) in [7, 11) is 33.5. The number of nitrogens with one attached hydrogen (secondary N) is 1. The molecule has 0 aromatic heterocycles. The SMILES string of the molecule is CC(C)(C)OC(=O)CCC(=O)O.Cc1cc(C)c(N)cc1N.Cc1cc(C)c(NC(=O)CCC(=O)OC(C)(C)C)cc1N.[B][B]B([B])B(B([B])[B])B([B])[B]. The van der Waals surface area contributed by atoms with Crippen LogP contribution in [0.2, 0.25) is 0 Å². The third kappa shape index (κ3) is 24.7. The van der Waals surface area contributed by atoms with Gasteiger partial charge in [0.05, 0.1) is 19.3 Å². The Balaban J connectivity index is 0. The fraction of sp³-hybridized carbons (Fsp3) is 0.500. The summed E-state index contributed by atoms with van der Waals surface area (Å²) < 4.78 is 10.0. The molecule has 0 unspecified atom stereocenters. The first kappa shape index (κ1) is 52.5. The molecule has 0 saturated carbocycles. The summed E-state index contributed by atoms with van der Waals surface area (Å²) in [5.74, 6) is -2.06. The quantitative estimate of drug-likeness (QED) is 0.129. The first-order chi connectivity index (χ1) is 24.5. The molecule has 0 bridgehead atoms. The lowest BCUT2D eigenvalue weighted by atomic mass is 8.56. The van der Waals surface area contributed by atoms with Gasteiger partial charge in [-0.05, 0) is 104 Å². The molecule has 0 fully saturated rings. The van der Waals surface area contributed by atoms with E-state index >= 15 is 0 Å². The number of anilines is 4. The molecular formula is C32H50B11N4O7. The highest BCUT2D eigenvalue weighted by Crippen LogP contribution is 2.23. The maximum atomic E-state index is 11.9. The largest absolute Gasteiger partial charge is 0.481 e. The standard InChI is InChI=1S/C16H24N2O3.C8H12N2.C8H14O4.B11/c1-10-8-11(2)13(9-12(10)17)18-14(19)6-7-15(20)21-16(3,4)5;1-5-3-6(2)8(10)4-7(5)9;1-8(2,3)12-7(11)5-4-6(9)10;1-7-10(6)11(8(2)3)9(4)5/h8-9H,6-7,17H2,1-5H3,(H,18,19);3-4H,9-10H2,1-2H3;4-5H2,1-3H3,(H,9,10);. The molecule has 0 atom stereocenters. The van der Waals surface area contributed by atoms with Crippen molar-refractivity contribution in [3.63, 3.8) is 0 Å². The van der Waals surface area contributed by atoms with Gasteiger partial charge in [-0.1, -0.05) is 12.1 Å². The predicted octanol–water partition coefficient (Wildman–Crippen LogP) is 1.42. The van der Waals surface area contributed by atoms with Gasteiger partial charge >= 0.3 is 17.9 Å². The number of amides is 1. The van der Waals surface area contributed by atoms with Gasteiger partial charge in [0, 0.05) is 108 Å². The van der Waals surface area contributed by atoms with Crippen LogP contribution in [0.1, 0.15) is 89.5 Å². The summed E-state index contributed by atoms with van der Waals surface area (Å²) in [6.07, 6.45) is -2.24. The second-order valence-corrected chi connectivity index (χ2v) is 14.7. The van der Waals surface area contributed by atoms with E-state index in [-0.39, 0.29) is 43.9 Å². The van der Waals surface area contributed by atoms with Crippen LogP contribution < -0.4 is 22.5 Å². The van der Waals surface area contributed by atoms with Crippen molar-refractivity contribution in [1.82, 2.24) is 0 Å². The van der Waals surface area contributed by atoms with Gasteiger partial charge in [-0.2, -0.15) is 0 Å².